The summed E-state index contributed by atoms with van der Waals surface area (Å²) in [7, 11) is 0. The molecular weight excluding hydrogens is 398 g/mol. The van der Waals surface area contributed by atoms with Crippen molar-refractivity contribution in [3.63, 3.8) is 0 Å². The number of anilines is 1. The van der Waals surface area contributed by atoms with Crippen LogP contribution in [-0.2, 0) is 22.8 Å². The van der Waals surface area contributed by atoms with Crippen molar-refractivity contribution in [3.8, 4) is 0 Å². The first kappa shape index (κ1) is 19.9. The van der Waals surface area contributed by atoms with Crippen LogP contribution in [0.5, 0.6) is 0 Å². The maximum absolute atomic E-state index is 12.0. The van der Waals surface area contributed by atoms with Crippen LogP contribution in [0.15, 0.2) is 41.0 Å². The number of thiazole rings is 1. The van der Waals surface area contributed by atoms with Gasteiger partial charge in [0.2, 0.25) is 5.91 Å². The quantitative estimate of drug-likeness (QED) is 0.523. The molecule has 1 amide bonds. The number of rotatable bonds is 9. The van der Waals surface area contributed by atoms with Gasteiger partial charge >= 0.3 is 0 Å². The minimum Gasteiger partial charge on any atom is -0.306 e. The van der Waals surface area contributed by atoms with Gasteiger partial charge in [0.05, 0.1) is 11.5 Å². The van der Waals surface area contributed by atoms with Crippen molar-refractivity contribution in [2.24, 2.45) is 0 Å². The maximum Gasteiger partial charge on any atom is 0.236 e. The highest BCUT2D eigenvalue weighted by Gasteiger charge is 2.13. The molecule has 0 aliphatic carbocycles. The number of aromatic nitrogens is 4. The standard InChI is InChI=1S/C18H21N5OS3/c1-3-23-15(11-25-10-14-6-4-13(2)5-7-14)21-22-18(23)27-12-16(24)20-17-19-8-9-26-17/h4-9H,3,10-12H2,1-2H3,(H,19,20,24). The van der Waals surface area contributed by atoms with Crippen LogP contribution >= 0.6 is 34.9 Å². The fourth-order valence-corrected chi connectivity index (χ4v) is 4.66. The molecule has 0 aliphatic heterocycles. The van der Waals surface area contributed by atoms with Gasteiger partial charge in [0.25, 0.3) is 0 Å². The number of nitrogens with zero attached hydrogens (tertiary/aromatic N) is 4. The summed E-state index contributed by atoms with van der Waals surface area (Å²) < 4.78 is 2.07. The number of carbonyl (C=O) groups excluding carboxylic acids is 1. The second kappa shape index (κ2) is 9.91. The Bertz CT molecular complexity index is 862. The summed E-state index contributed by atoms with van der Waals surface area (Å²) in [4.78, 5) is 16.1. The molecule has 3 rings (SSSR count). The van der Waals surface area contributed by atoms with Crippen LogP contribution in [0.25, 0.3) is 0 Å². The van der Waals surface area contributed by atoms with E-state index >= 15 is 0 Å². The van der Waals surface area contributed by atoms with Crippen LogP contribution in [-0.4, -0.2) is 31.4 Å². The van der Waals surface area contributed by atoms with E-state index in [1.165, 1.54) is 34.2 Å². The number of hydrogen-bond donors (Lipinski definition) is 1. The second-order valence-electron chi connectivity index (χ2n) is 5.80. The molecule has 0 atom stereocenters. The van der Waals surface area contributed by atoms with E-state index in [1.807, 2.05) is 17.1 Å². The Hall–Kier alpha value is -1.84. The van der Waals surface area contributed by atoms with Crippen molar-refractivity contribution >= 4 is 45.9 Å². The summed E-state index contributed by atoms with van der Waals surface area (Å²) >= 11 is 4.62. The van der Waals surface area contributed by atoms with Crippen LogP contribution in [0.1, 0.15) is 23.9 Å². The Morgan fingerprint density at radius 1 is 1.22 bits per heavy atom. The minimum absolute atomic E-state index is 0.0871. The molecule has 0 aliphatic rings. The van der Waals surface area contributed by atoms with Gasteiger partial charge in [-0.2, -0.15) is 0 Å². The first-order chi connectivity index (χ1) is 13.2. The van der Waals surface area contributed by atoms with Crippen LogP contribution in [0.2, 0.25) is 0 Å². The number of thioether (sulfide) groups is 2. The highest BCUT2D eigenvalue weighted by molar-refractivity contribution is 7.99. The Labute approximate surface area is 171 Å². The third-order valence-electron chi connectivity index (χ3n) is 3.74. The molecule has 1 aromatic carbocycles. The van der Waals surface area contributed by atoms with Gasteiger partial charge in [0.1, 0.15) is 5.82 Å². The molecule has 0 bridgehead atoms. The van der Waals surface area contributed by atoms with E-state index in [0.29, 0.717) is 5.13 Å². The molecule has 27 heavy (non-hydrogen) atoms. The summed E-state index contributed by atoms with van der Waals surface area (Å²) in [5.41, 5.74) is 2.58. The van der Waals surface area contributed by atoms with E-state index in [9.17, 15) is 4.79 Å². The highest BCUT2D eigenvalue weighted by atomic mass is 32.2. The van der Waals surface area contributed by atoms with Crippen LogP contribution in [0, 0.1) is 6.92 Å². The number of nitrogens with one attached hydrogen (secondary N) is 1. The lowest BCUT2D eigenvalue weighted by Crippen LogP contribution is -2.14. The lowest BCUT2D eigenvalue weighted by molar-refractivity contribution is -0.113. The molecule has 9 heteroatoms. The molecule has 0 saturated carbocycles. The van der Waals surface area contributed by atoms with E-state index in [2.05, 4.69) is 63.2 Å². The van der Waals surface area contributed by atoms with Crippen molar-refractivity contribution in [3.05, 3.63) is 52.8 Å². The normalized spacial score (nSPS) is 10.9. The summed E-state index contributed by atoms with van der Waals surface area (Å²) in [6.45, 7) is 4.94. The van der Waals surface area contributed by atoms with E-state index < -0.39 is 0 Å². The second-order valence-corrected chi connectivity index (χ2v) is 8.62. The molecule has 2 heterocycles. The molecule has 1 N–H and O–H groups in total. The van der Waals surface area contributed by atoms with Crippen molar-refractivity contribution in [2.45, 2.75) is 37.1 Å². The van der Waals surface area contributed by atoms with Gasteiger partial charge in [-0.05, 0) is 19.4 Å². The summed E-state index contributed by atoms with van der Waals surface area (Å²) in [6.07, 6.45) is 1.67. The van der Waals surface area contributed by atoms with Gasteiger partial charge in [-0.25, -0.2) is 4.98 Å². The smallest absolute Gasteiger partial charge is 0.236 e. The molecule has 0 radical (unpaired) electrons. The molecule has 0 fully saturated rings. The lowest BCUT2D eigenvalue weighted by atomic mass is 10.2. The predicted molar refractivity (Wildman–Crippen MR) is 113 cm³/mol. The molecule has 142 valence electrons. The van der Waals surface area contributed by atoms with Crippen molar-refractivity contribution in [2.75, 3.05) is 11.1 Å². The van der Waals surface area contributed by atoms with E-state index in [0.717, 1.165) is 29.0 Å². The molecule has 0 saturated heterocycles. The Balaban J connectivity index is 1.51. The number of carbonyl (C=O) groups is 1. The van der Waals surface area contributed by atoms with Crippen molar-refractivity contribution in [1.82, 2.24) is 19.7 Å². The first-order valence-electron chi connectivity index (χ1n) is 8.53. The topological polar surface area (TPSA) is 72.7 Å². The van der Waals surface area contributed by atoms with Crippen molar-refractivity contribution < 1.29 is 4.79 Å². The van der Waals surface area contributed by atoms with Crippen molar-refractivity contribution in [1.29, 1.82) is 0 Å². The molecule has 0 unspecified atom stereocenters. The zero-order chi connectivity index (χ0) is 19.1. The highest BCUT2D eigenvalue weighted by Crippen LogP contribution is 2.22. The maximum atomic E-state index is 12.0. The number of benzene rings is 1. The monoisotopic (exact) mass is 419 g/mol. The van der Waals surface area contributed by atoms with Crippen LogP contribution < -0.4 is 5.32 Å². The summed E-state index contributed by atoms with van der Waals surface area (Å²) in [5.74, 6) is 2.87. The third-order valence-corrected chi connectivity index (χ3v) is 6.40. The Kier molecular flexibility index (Phi) is 7.31. The molecule has 6 nitrogen and oxygen atoms in total. The van der Waals surface area contributed by atoms with E-state index in [4.69, 9.17) is 0 Å². The van der Waals surface area contributed by atoms with E-state index in [1.54, 1.807) is 6.20 Å². The van der Waals surface area contributed by atoms with Gasteiger partial charge < -0.3 is 9.88 Å². The predicted octanol–water partition coefficient (Wildman–Crippen LogP) is 4.23. The third kappa shape index (κ3) is 5.82. The van der Waals surface area contributed by atoms with Gasteiger partial charge in [-0.1, -0.05) is 41.6 Å². The van der Waals surface area contributed by atoms with Gasteiger partial charge in [-0.3, -0.25) is 4.79 Å². The van der Waals surface area contributed by atoms with Gasteiger partial charge in [0.15, 0.2) is 10.3 Å². The Morgan fingerprint density at radius 2 is 2.04 bits per heavy atom. The average Bonchev–Trinajstić information content (AvgIpc) is 3.31. The molecule has 0 spiro atoms. The summed E-state index contributed by atoms with van der Waals surface area (Å²) in [6, 6.07) is 8.59. The summed E-state index contributed by atoms with van der Waals surface area (Å²) in [5, 5.41) is 14.6. The molecule has 3 aromatic rings. The van der Waals surface area contributed by atoms with Crippen LogP contribution in [0.3, 0.4) is 0 Å². The number of amides is 1. The van der Waals surface area contributed by atoms with Gasteiger partial charge in [0, 0.05) is 23.9 Å². The molecular formula is C18H21N5OS3. The van der Waals surface area contributed by atoms with Gasteiger partial charge in [-0.15, -0.1) is 33.3 Å². The average molecular weight is 420 g/mol. The number of hydrogen-bond acceptors (Lipinski definition) is 7. The lowest BCUT2D eigenvalue weighted by Gasteiger charge is -2.07. The number of aryl methyl sites for hydroxylation is 1. The Morgan fingerprint density at radius 3 is 2.74 bits per heavy atom. The zero-order valence-corrected chi connectivity index (χ0v) is 17.7. The first-order valence-corrected chi connectivity index (χ1v) is 11.5. The minimum atomic E-state index is -0.0871. The van der Waals surface area contributed by atoms with E-state index in [-0.39, 0.29) is 11.7 Å². The SMILES string of the molecule is CCn1c(CSCc2ccc(C)cc2)nnc1SCC(=O)Nc1nccs1. The largest absolute Gasteiger partial charge is 0.306 e. The fourth-order valence-electron chi connectivity index (χ4n) is 2.37. The fraction of sp³-hybridized carbons (Fsp3) is 0.333. The van der Waals surface area contributed by atoms with Crippen LogP contribution in [0.4, 0.5) is 5.13 Å². The molecule has 2 aromatic heterocycles. The zero-order valence-electron chi connectivity index (χ0n) is 15.2.